The van der Waals surface area contributed by atoms with Gasteiger partial charge in [0.25, 0.3) is 0 Å². The van der Waals surface area contributed by atoms with Crippen molar-refractivity contribution in [3.63, 3.8) is 0 Å². The second kappa shape index (κ2) is 15.2. The number of nitrogens with one attached hydrogen (secondary N) is 2. The van der Waals surface area contributed by atoms with E-state index >= 15 is 0 Å². The Bertz CT molecular complexity index is 2340. The third kappa shape index (κ3) is 7.49. The topological polar surface area (TPSA) is 184 Å². The lowest BCUT2D eigenvalue weighted by atomic mass is 9.39. The highest BCUT2D eigenvalue weighted by Crippen LogP contribution is 2.72. The highest BCUT2D eigenvalue weighted by atomic mass is 32.1. The van der Waals surface area contributed by atoms with Crippen molar-refractivity contribution in [2.75, 3.05) is 49.7 Å². The summed E-state index contributed by atoms with van der Waals surface area (Å²) in [5.41, 5.74) is 5.32. The molecule has 4 aromatic heterocycles. The Morgan fingerprint density at radius 3 is 2.49 bits per heavy atom. The molecule has 0 radical (unpaired) electrons. The molecule has 2 unspecified atom stereocenters. The van der Waals surface area contributed by atoms with E-state index in [1.54, 1.807) is 17.5 Å². The Kier molecular flexibility index (Phi) is 10.3. The SMILES string of the molecule is Cc1c(Nc2nc3ccccc3s2)nnc2c1CCCN2c1ccc(-c2cnn(CC34CC5(C)CC(C)(C3)CC(OCCNCC(CO)CO)(C5)C4)c2C)c(C(=O)O)n1. The van der Waals surface area contributed by atoms with Gasteiger partial charge in [-0.15, -0.1) is 10.2 Å². The largest absolute Gasteiger partial charge is 0.476 e. The summed E-state index contributed by atoms with van der Waals surface area (Å²) in [6.07, 6.45) is 9.95. The molecule has 5 heterocycles. The molecule has 4 fully saturated rings. The van der Waals surface area contributed by atoms with Gasteiger partial charge in [-0.1, -0.05) is 37.3 Å². The second-order valence-electron chi connectivity index (χ2n) is 18.7. The molecule has 1 aliphatic heterocycles. The standard InChI is InChI=1S/C44H55N9O5S/c1-27-30-8-7-14-52(38(30)51-50-37(27)49-40-47-33-9-5-6-10-34(33)59-40)35-12-11-31(36(48-35)39(56)57)32-17-46-53(28(32)2)26-43-21-41(3)20-42(4,22-43)24-44(23-41,25-43)58-15-13-45-16-29(18-54)19-55/h5-6,9-12,17,29,45,54-55H,7-8,13-16,18-26H2,1-4H3,(H,56,57)(H,47,49,50). The Balaban J connectivity index is 0.945. The number of nitrogens with zero attached hydrogens (tertiary/aromatic N) is 7. The average molecular weight is 822 g/mol. The van der Waals surface area contributed by atoms with Crippen LogP contribution in [-0.2, 0) is 17.7 Å². The van der Waals surface area contributed by atoms with Gasteiger partial charge in [-0.25, -0.2) is 14.8 Å². The molecule has 59 heavy (non-hydrogen) atoms. The molecule has 0 spiro atoms. The van der Waals surface area contributed by atoms with Crippen LogP contribution < -0.4 is 15.5 Å². The number of thiazole rings is 1. The number of pyridine rings is 1. The van der Waals surface area contributed by atoms with Crippen molar-refractivity contribution in [3.05, 3.63) is 65.1 Å². The number of fused-ring (bicyclic) bond motifs is 2. The van der Waals surface area contributed by atoms with Gasteiger partial charge < -0.3 is 35.6 Å². The van der Waals surface area contributed by atoms with Crippen molar-refractivity contribution in [3.8, 4) is 11.1 Å². The van der Waals surface area contributed by atoms with Gasteiger partial charge in [0, 0.05) is 73.3 Å². The lowest BCUT2D eigenvalue weighted by Crippen LogP contribution is -2.64. The van der Waals surface area contributed by atoms with Crippen LogP contribution in [0.4, 0.5) is 22.6 Å². The number of aromatic carboxylic acids is 1. The minimum Gasteiger partial charge on any atom is -0.476 e. The molecule has 1 aromatic carbocycles. The summed E-state index contributed by atoms with van der Waals surface area (Å²) in [5, 5.41) is 51.1. The van der Waals surface area contributed by atoms with Crippen LogP contribution in [0.2, 0.25) is 0 Å². The summed E-state index contributed by atoms with van der Waals surface area (Å²) in [6.45, 7) is 12.0. The number of carboxylic acid groups (broad SMARTS) is 1. The number of carbonyl (C=O) groups is 1. The van der Waals surface area contributed by atoms with Crippen LogP contribution >= 0.6 is 11.3 Å². The van der Waals surface area contributed by atoms with Gasteiger partial charge in [-0.3, -0.25) is 4.68 Å². The number of rotatable bonds is 15. The molecule has 0 saturated heterocycles. The molecule has 312 valence electrons. The van der Waals surface area contributed by atoms with Crippen LogP contribution in [0.3, 0.4) is 0 Å². The quantitative estimate of drug-likeness (QED) is 0.0695. The van der Waals surface area contributed by atoms with Crippen LogP contribution in [0.5, 0.6) is 0 Å². The molecular weight excluding hydrogens is 767 g/mol. The number of carboxylic acids is 1. The Labute approximate surface area is 348 Å². The zero-order valence-corrected chi connectivity index (χ0v) is 35.2. The van der Waals surface area contributed by atoms with Crippen molar-refractivity contribution < 1.29 is 24.9 Å². The molecule has 5 aromatic rings. The number of ether oxygens (including phenoxy) is 1. The molecular formula is C44H55N9O5S. The molecule has 14 nitrogen and oxygen atoms in total. The Morgan fingerprint density at radius 1 is 0.966 bits per heavy atom. The van der Waals surface area contributed by atoms with Crippen molar-refractivity contribution in [1.29, 1.82) is 0 Å². The zero-order valence-electron chi connectivity index (χ0n) is 34.4. The minimum absolute atomic E-state index is 0.000923. The first-order chi connectivity index (χ1) is 28.3. The number of benzene rings is 1. The van der Waals surface area contributed by atoms with E-state index in [9.17, 15) is 20.1 Å². The fourth-order valence-electron chi connectivity index (χ4n) is 12.1. The maximum Gasteiger partial charge on any atom is 0.355 e. The minimum atomic E-state index is -1.09. The number of aromatic nitrogens is 6. The smallest absolute Gasteiger partial charge is 0.355 e. The zero-order chi connectivity index (χ0) is 41.2. The van der Waals surface area contributed by atoms with Crippen LogP contribution in [0.1, 0.15) is 86.1 Å². The van der Waals surface area contributed by atoms with Crippen molar-refractivity contribution >= 4 is 50.1 Å². The van der Waals surface area contributed by atoms with E-state index < -0.39 is 5.97 Å². The summed E-state index contributed by atoms with van der Waals surface area (Å²) >= 11 is 1.57. The van der Waals surface area contributed by atoms with Crippen LogP contribution in [-0.4, -0.2) is 96.3 Å². The molecule has 5 aliphatic rings. The summed E-state index contributed by atoms with van der Waals surface area (Å²) in [5.74, 6) is 0.611. The molecule has 5 N–H and O–H groups in total. The lowest BCUT2D eigenvalue weighted by molar-refractivity contribution is -0.247. The normalized spacial score (nSPS) is 25.9. The van der Waals surface area contributed by atoms with E-state index in [1.807, 2.05) is 55.1 Å². The van der Waals surface area contributed by atoms with Crippen molar-refractivity contribution in [1.82, 2.24) is 35.3 Å². The van der Waals surface area contributed by atoms with E-state index in [2.05, 4.69) is 39.4 Å². The molecule has 4 bridgehead atoms. The van der Waals surface area contributed by atoms with Gasteiger partial charge in [-0.2, -0.15) is 5.10 Å². The number of para-hydroxylation sites is 1. The third-order valence-corrected chi connectivity index (χ3v) is 14.4. The fourth-order valence-corrected chi connectivity index (χ4v) is 13.0. The third-order valence-electron chi connectivity index (χ3n) is 13.4. The predicted octanol–water partition coefficient (Wildman–Crippen LogP) is 6.81. The van der Waals surface area contributed by atoms with E-state index in [4.69, 9.17) is 19.8 Å². The summed E-state index contributed by atoms with van der Waals surface area (Å²) in [6, 6.07) is 11.8. The van der Waals surface area contributed by atoms with Gasteiger partial charge in [0.15, 0.2) is 22.5 Å². The first kappa shape index (κ1) is 39.9. The van der Waals surface area contributed by atoms with E-state index in [1.165, 1.54) is 6.42 Å². The van der Waals surface area contributed by atoms with Gasteiger partial charge in [-0.05, 0) is 106 Å². The summed E-state index contributed by atoms with van der Waals surface area (Å²) < 4.78 is 10.0. The van der Waals surface area contributed by atoms with E-state index in [-0.39, 0.29) is 46.7 Å². The lowest BCUT2D eigenvalue weighted by Gasteiger charge is -2.69. The predicted molar refractivity (Wildman–Crippen MR) is 228 cm³/mol. The number of aliphatic hydroxyl groups is 2. The monoisotopic (exact) mass is 821 g/mol. The Morgan fingerprint density at radius 2 is 1.75 bits per heavy atom. The highest BCUT2D eigenvalue weighted by Gasteiger charge is 2.66. The van der Waals surface area contributed by atoms with E-state index in [0.29, 0.717) is 49.3 Å². The number of anilines is 4. The van der Waals surface area contributed by atoms with Crippen LogP contribution in [0.25, 0.3) is 21.3 Å². The van der Waals surface area contributed by atoms with Gasteiger partial charge in [0.05, 0.1) is 28.6 Å². The van der Waals surface area contributed by atoms with Gasteiger partial charge in [0.1, 0.15) is 5.82 Å². The summed E-state index contributed by atoms with van der Waals surface area (Å²) in [7, 11) is 0. The number of hydrogen-bond acceptors (Lipinski definition) is 13. The first-order valence-corrected chi connectivity index (χ1v) is 21.7. The number of hydrogen-bond donors (Lipinski definition) is 5. The van der Waals surface area contributed by atoms with Crippen molar-refractivity contribution in [2.45, 2.75) is 91.2 Å². The van der Waals surface area contributed by atoms with Gasteiger partial charge in [0.2, 0.25) is 0 Å². The average Bonchev–Trinajstić information content (AvgIpc) is 3.77. The molecule has 10 rings (SSSR count). The molecule has 4 saturated carbocycles. The highest BCUT2D eigenvalue weighted by molar-refractivity contribution is 7.22. The summed E-state index contributed by atoms with van der Waals surface area (Å²) in [4.78, 5) is 24.4. The van der Waals surface area contributed by atoms with Crippen LogP contribution in [0, 0.1) is 36.0 Å². The molecule has 15 heteroatoms. The second-order valence-corrected chi connectivity index (χ2v) is 19.7. The molecule has 2 atom stereocenters. The first-order valence-electron chi connectivity index (χ1n) is 20.9. The van der Waals surface area contributed by atoms with Gasteiger partial charge >= 0.3 is 5.97 Å². The fraction of sp³-hybridized carbons (Fsp3) is 0.545. The maximum atomic E-state index is 12.9. The Hall–Kier alpha value is -4.54. The number of aliphatic hydroxyl groups excluding tert-OH is 2. The maximum absolute atomic E-state index is 12.9. The molecule has 0 amide bonds. The van der Waals surface area contributed by atoms with Crippen molar-refractivity contribution in [2.24, 2.45) is 22.2 Å². The molecule has 4 aliphatic carbocycles. The van der Waals surface area contributed by atoms with Crippen LogP contribution in [0.15, 0.2) is 42.6 Å². The van der Waals surface area contributed by atoms with E-state index in [0.717, 1.165) is 89.2 Å².